The van der Waals surface area contributed by atoms with Gasteiger partial charge in [0, 0.05) is 16.2 Å². The van der Waals surface area contributed by atoms with Crippen LogP contribution in [0.5, 0.6) is 0 Å². The van der Waals surface area contributed by atoms with Crippen molar-refractivity contribution in [3.63, 3.8) is 0 Å². The van der Waals surface area contributed by atoms with E-state index in [0.29, 0.717) is 17.2 Å². The van der Waals surface area contributed by atoms with E-state index in [1.807, 2.05) is 0 Å². The number of H-pyrrole nitrogens is 1. The number of halogens is 1. The Morgan fingerprint density at radius 1 is 1.38 bits per heavy atom. The molecule has 0 saturated heterocycles. The molecular formula is C9H8ClN3O2S. The normalized spacial score (nSPS) is 11.6. The number of aryl methyl sites for hydroxylation is 1. The maximum Gasteiger partial charge on any atom is 0.261 e. The van der Waals surface area contributed by atoms with Gasteiger partial charge in [-0.25, -0.2) is 13.4 Å². The maximum absolute atomic E-state index is 11.1. The van der Waals surface area contributed by atoms with Gasteiger partial charge in [0.15, 0.2) is 5.82 Å². The number of aromatic amines is 1. The van der Waals surface area contributed by atoms with Crippen molar-refractivity contribution in [2.45, 2.75) is 11.8 Å². The second-order valence-electron chi connectivity index (χ2n) is 3.21. The van der Waals surface area contributed by atoms with Crippen molar-refractivity contribution in [2.75, 3.05) is 0 Å². The molecule has 84 valence electrons. The number of nitrogens with one attached hydrogen (secondary N) is 1. The van der Waals surface area contributed by atoms with Crippen molar-refractivity contribution >= 4 is 19.7 Å². The summed E-state index contributed by atoms with van der Waals surface area (Å²) >= 11 is 0. The van der Waals surface area contributed by atoms with Gasteiger partial charge in [-0.1, -0.05) is 12.1 Å². The summed E-state index contributed by atoms with van der Waals surface area (Å²) in [6.45, 7) is 1.76. The summed E-state index contributed by atoms with van der Waals surface area (Å²) in [5, 5.41) is 6.62. The van der Waals surface area contributed by atoms with Crippen LogP contribution in [-0.4, -0.2) is 23.6 Å². The molecule has 5 nitrogen and oxygen atoms in total. The number of hydrogen-bond acceptors (Lipinski definition) is 4. The first-order chi connectivity index (χ1) is 7.47. The van der Waals surface area contributed by atoms with Crippen molar-refractivity contribution in [2.24, 2.45) is 0 Å². The summed E-state index contributed by atoms with van der Waals surface area (Å²) in [6.07, 6.45) is 0. The zero-order chi connectivity index (χ0) is 11.8. The Hall–Kier alpha value is -1.40. The molecule has 0 radical (unpaired) electrons. The number of aromatic nitrogens is 3. The second kappa shape index (κ2) is 3.88. The zero-order valence-corrected chi connectivity index (χ0v) is 9.88. The van der Waals surface area contributed by atoms with E-state index in [1.54, 1.807) is 19.1 Å². The Morgan fingerprint density at radius 3 is 2.69 bits per heavy atom. The molecule has 1 N–H and O–H groups in total. The molecule has 2 rings (SSSR count). The van der Waals surface area contributed by atoms with Gasteiger partial charge in [-0.2, -0.15) is 5.10 Å². The smallest absolute Gasteiger partial charge is 0.261 e. The molecule has 0 saturated carbocycles. The summed E-state index contributed by atoms with van der Waals surface area (Å²) in [7, 11) is 1.53. The Morgan fingerprint density at radius 2 is 2.12 bits per heavy atom. The predicted octanol–water partition coefficient (Wildman–Crippen LogP) is 1.71. The lowest BCUT2D eigenvalue weighted by molar-refractivity contribution is 0.609. The molecule has 2 aromatic rings. The first-order valence-electron chi connectivity index (χ1n) is 4.41. The SMILES string of the molecule is Cc1nc(-c2cccc(S(=O)(=O)Cl)c2)n[nH]1. The van der Waals surface area contributed by atoms with E-state index in [1.165, 1.54) is 12.1 Å². The highest BCUT2D eigenvalue weighted by Crippen LogP contribution is 2.21. The molecule has 1 aromatic carbocycles. The standard InChI is InChI=1S/C9H8ClN3O2S/c1-6-11-9(13-12-6)7-3-2-4-8(5-7)16(10,14)15/h2-5H,1H3,(H,11,12,13). The highest BCUT2D eigenvalue weighted by Gasteiger charge is 2.12. The first kappa shape index (κ1) is 11.1. The van der Waals surface area contributed by atoms with Crippen molar-refractivity contribution in [1.82, 2.24) is 15.2 Å². The Kier molecular flexibility index (Phi) is 2.69. The van der Waals surface area contributed by atoms with Crippen molar-refractivity contribution in [1.29, 1.82) is 0 Å². The fourth-order valence-electron chi connectivity index (χ4n) is 1.26. The van der Waals surface area contributed by atoms with Crippen molar-refractivity contribution in [3.05, 3.63) is 30.1 Å². The fourth-order valence-corrected chi connectivity index (χ4v) is 2.06. The minimum Gasteiger partial charge on any atom is -0.263 e. The third-order valence-corrected chi connectivity index (χ3v) is 3.32. The Bertz CT molecular complexity index is 621. The molecule has 0 spiro atoms. The van der Waals surface area contributed by atoms with E-state index in [0.717, 1.165) is 0 Å². The minimum absolute atomic E-state index is 0.0362. The molecule has 1 aromatic heterocycles. The Balaban J connectivity index is 2.52. The molecule has 0 aliphatic rings. The topological polar surface area (TPSA) is 75.7 Å². The van der Waals surface area contributed by atoms with Gasteiger partial charge in [0.25, 0.3) is 9.05 Å². The van der Waals surface area contributed by atoms with E-state index in [2.05, 4.69) is 15.2 Å². The number of hydrogen-bond donors (Lipinski definition) is 1. The van der Waals surface area contributed by atoms with Crippen LogP contribution in [0.25, 0.3) is 11.4 Å². The maximum atomic E-state index is 11.1. The van der Waals surface area contributed by atoms with Crippen molar-refractivity contribution in [3.8, 4) is 11.4 Å². The lowest BCUT2D eigenvalue weighted by Gasteiger charge is -1.98. The van der Waals surface area contributed by atoms with Gasteiger partial charge >= 0.3 is 0 Å². The zero-order valence-electron chi connectivity index (χ0n) is 8.31. The summed E-state index contributed by atoms with van der Waals surface area (Å²) < 4.78 is 22.3. The number of rotatable bonds is 2. The molecule has 16 heavy (non-hydrogen) atoms. The van der Waals surface area contributed by atoms with Crippen LogP contribution >= 0.6 is 10.7 Å². The van der Waals surface area contributed by atoms with Gasteiger partial charge in [0.2, 0.25) is 0 Å². The Labute approximate surface area is 96.9 Å². The molecule has 0 atom stereocenters. The monoisotopic (exact) mass is 257 g/mol. The van der Waals surface area contributed by atoms with E-state index in [4.69, 9.17) is 10.7 Å². The number of benzene rings is 1. The second-order valence-corrected chi connectivity index (χ2v) is 5.78. The average Bonchev–Trinajstić information content (AvgIpc) is 2.64. The van der Waals surface area contributed by atoms with Crippen LogP contribution in [0.15, 0.2) is 29.2 Å². The fraction of sp³-hybridized carbons (Fsp3) is 0.111. The summed E-state index contributed by atoms with van der Waals surface area (Å²) in [5.74, 6) is 1.11. The van der Waals surface area contributed by atoms with Gasteiger partial charge in [0.05, 0.1) is 4.90 Å². The summed E-state index contributed by atoms with van der Waals surface area (Å²) in [5.41, 5.74) is 0.603. The largest absolute Gasteiger partial charge is 0.263 e. The summed E-state index contributed by atoms with van der Waals surface area (Å²) in [4.78, 5) is 4.14. The van der Waals surface area contributed by atoms with Gasteiger partial charge < -0.3 is 0 Å². The highest BCUT2D eigenvalue weighted by atomic mass is 35.7. The predicted molar refractivity (Wildman–Crippen MR) is 59.6 cm³/mol. The quantitative estimate of drug-likeness (QED) is 0.831. The van der Waals surface area contributed by atoms with E-state index in [9.17, 15) is 8.42 Å². The van der Waals surface area contributed by atoms with Crippen LogP contribution in [0.3, 0.4) is 0 Å². The molecule has 0 unspecified atom stereocenters. The van der Waals surface area contributed by atoms with Crippen LogP contribution < -0.4 is 0 Å². The third kappa shape index (κ3) is 2.23. The minimum atomic E-state index is -3.72. The molecule has 7 heteroatoms. The van der Waals surface area contributed by atoms with Crippen LogP contribution in [0, 0.1) is 6.92 Å². The molecule has 1 heterocycles. The van der Waals surface area contributed by atoms with E-state index < -0.39 is 9.05 Å². The van der Waals surface area contributed by atoms with Crippen LogP contribution in [0.1, 0.15) is 5.82 Å². The van der Waals surface area contributed by atoms with Gasteiger partial charge in [-0.05, 0) is 19.1 Å². The van der Waals surface area contributed by atoms with Crippen molar-refractivity contribution < 1.29 is 8.42 Å². The lowest BCUT2D eigenvalue weighted by Crippen LogP contribution is -1.91. The van der Waals surface area contributed by atoms with Gasteiger partial charge in [-0.3, -0.25) is 5.10 Å². The van der Waals surface area contributed by atoms with Crippen LogP contribution in [0.2, 0.25) is 0 Å². The van der Waals surface area contributed by atoms with E-state index >= 15 is 0 Å². The molecular weight excluding hydrogens is 250 g/mol. The number of nitrogens with zero attached hydrogens (tertiary/aromatic N) is 2. The van der Waals surface area contributed by atoms with Crippen LogP contribution in [-0.2, 0) is 9.05 Å². The van der Waals surface area contributed by atoms with Crippen LogP contribution in [0.4, 0.5) is 0 Å². The molecule has 0 aliphatic carbocycles. The van der Waals surface area contributed by atoms with Gasteiger partial charge in [0.1, 0.15) is 5.82 Å². The molecule has 0 fully saturated rings. The molecule has 0 amide bonds. The van der Waals surface area contributed by atoms with Gasteiger partial charge in [-0.15, -0.1) is 0 Å². The highest BCUT2D eigenvalue weighted by molar-refractivity contribution is 8.13. The first-order valence-corrected chi connectivity index (χ1v) is 6.72. The average molecular weight is 258 g/mol. The molecule has 0 aliphatic heterocycles. The van der Waals surface area contributed by atoms with E-state index in [-0.39, 0.29) is 4.90 Å². The third-order valence-electron chi connectivity index (χ3n) is 1.97. The summed E-state index contributed by atoms with van der Waals surface area (Å²) in [6, 6.07) is 6.17. The molecule has 0 bridgehead atoms. The lowest BCUT2D eigenvalue weighted by atomic mass is 10.2.